The van der Waals surface area contributed by atoms with E-state index in [0.717, 1.165) is 58.5 Å². The van der Waals surface area contributed by atoms with E-state index in [2.05, 4.69) is 53.4 Å². The van der Waals surface area contributed by atoms with E-state index in [0.29, 0.717) is 6.54 Å². The second-order valence-electron chi connectivity index (χ2n) is 9.64. The maximum Gasteiger partial charge on any atom is 0.227 e. The summed E-state index contributed by atoms with van der Waals surface area (Å²) < 4.78 is 0. The molecule has 2 aromatic carbocycles. The van der Waals surface area contributed by atoms with Crippen LogP contribution in [-0.4, -0.2) is 65.8 Å². The van der Waals surface area contributed by atoms with Gasteiger partial charge in [-0.1, -0.05) is 60.7 Å². The Bertz CT molecular complexity index is 920. The number of carbonyl (C=O) groups excluding carboxylic acids is 2. The third-order valence-electron chi connectivity index (χ3n) is 7.24. The average molecular weight is 432 g/mol. The molecule has 0 bridgehead atoms. The Morgan fingerprint density at radius 2 is 1.34 bits per heavy atom. The molecular weight excluding hydrogens is 398 g/mol. The highest BCUT2D eigenvalue weighted by atomic mass is 16.2. The second-order valence-corrected chi connectivity index (χ2v) is 9.64. The van der Waals surface area contributed by atoms with Crippen molar-refractivity contribution in [1.82, 2.24) is 14.7 Å². The Kier molecular flexibility index (Phi) is 6.26. The maximum absolute atomic E-state index is 13.5. The molecule has 1 saturated carbocycles. The van der Waals surface area contributed by atoms with Crippen LogP contribution in [0.2, 0.25) is 0 Å². The summed E-state index contributed by atoms with van der Waals surface area (Å²) in [5, 5.41) is 0. The minimum atomic E-state index is -0.0997. The number of carbonyl (C=O) groups is 2. The molecule has 168 valence electrons. The van der Waals surface area contributed by atoms with Gasteiger partial charge in [0.2, 0.25) is 11.8 Å². The molecule has 2 atom stereocenters. The molecule has 1 aliphatic carbocycles. The number of amides is 2. The molecule has 2 aliphatic heterocycles. The van der Waals surface area contributed by atoms with Crippen LogP contribution in [-0.2, 0) is 16.1 Å². The first kappa shape index (κ1) is 21.2. The number of piperazine rings is 1. The third kappa shape index (κ3) is 4.88. The normalized spacial score (nSPS) is 24.4. The minimum absolute atomic E-state index is 0.0997. The van der Waals surface area contributed by atoms with E-state index < -0.39 is 0 Å². The van der Waals surface area contributed by atoms with Crippen LogP contribution < -0.4 is 0 Å². The van der Waals surface area contributed by atoms with Crippen molar-refractivity contribution < 1.29 is 9.59 Å². The second kappa shape index (κ2) is 9.45. The fourth-order valence-corrected chi connectivity index (χ4v) is 5.24. The van der Waals surface area contributed by atoms with Gasteiger partial charge in [-0.05, 0) is 30.4 Å². The first-order chi connectivity index (χ1) is 15.7. The van der Waals surface area contributed by atoms with Gasteiger partial charge in [-0.15, -0.1) is 0 Å². The summed E-state index contributed by atoms with van der Waals surface area (Å²) in [6.07, 6.45) is 2.85. The quantitative estimate of drug-likeness (QED) is 0.729. The summed E-state index contributed by atoms with van der Waals surface area (Å²) in [6, 6.07) is 20.9. The van der Waals surface area contributed by atoms with Gasteiger partial charge in [0, 0.05) is 57.6 Å². The van der Waals surface area contributed by atoms with Crippen LogP contribution in [0, 0.1) is 11.8 Å². The van der Waals surface area contributed by atoms with Crippen LogP contribution in [0.1, 0.15) is 36.3 Å². The summed E-state index contributed by atoms with van der Waals surface area (Å²) in [5.41, 5.74) is 2.56. The predicted molar refractivity (Wildman–Crippen MR) is 125 cm³/mol. The summed E-state index contributed by atoms with van der Waals surface area (Å²) >= 11 is 0. The SMILES string of the molecule is O=C(C1CC(c2ccccc2)CN(C(=O)C2CC2)C1)N1CCN(Cc2ccccc2)CC1. The van der Waals surface area contributed by atoms with E-state index >= 15 is 0 Å². The summed E-state index contributed by atoms with van der Waals surface area (Å²) in [6.45, 7) is 5.62. The molecule has 32 heavy (non-hydrogen) atoms. The molecule has 2 unspecified atom stereocenters. The molecule has 3 aliphatic rings. The first-order valence-electron chi connectivity index (χ1n) is 12.1. The highest BCUT2D eigenvalue weighted by molar-refractivity contribution is 5.84. The fraction of sp³-hybridized carbons (Fsp3) is 0.481. The smallest absolute Gasteiger partial charge is 0.227 e. The molecular formula is C27H33N3O2. The standard InChI is InChI=1S/C27H33N3O2/c31-26(23-11-12-23)30-19-24(22-9-5-2-6-10-22)17-25(20-30)27(32)29-15-13-28(14-16-29)18-21-7-3-1-4-8-21/h1-10,23-25H,11-20H2. The number of piperidine rings is 1. The summed E-state index contributed by atoms with van der Waals surface area (Å²) in [4.78, 5) is 32.9. The highest BCUT2D eigenvalue weighted by Crippen LogP contribution is 2.36. The lowest BCUT2D eigenvalue weighted by atomic mass is 9.83. The molecule has 5 rings (SSSR count). The molecule has 3 fully saturated rings. The van der Waals surface area contributed by atoms with Crippen LogP contribution in [0.3, 0.4) is 0 Å². The zero-order chi connectivity index (χ0) is 21.9. The monoisotopic (exact) mass is 431 g/mol. The Labute approximate surface area is 191 Å². The van der Waals surface area contributed by atoms with Crippen molar-refractivity contribution in [2.75, 3.05) is 39.3 Å². The van der Waals surface area contributed by atoms with Crippen LogP contribution in [0.25, 0.3) is 0 Å². The molecule has 5 nitrogen and oxygen atoms in total. The maximum atomic E-state index is 13.5. The number of hydrogen-bond donors (Lipinski definition) is 0. The van der Waals surface area contributed by atoms with Gasteiger partial charge < -0.3 is 9.80 Å². The average Bonchev–Trinajstić information content (AvgIpc) is 3.70. The van der Waals surface area contributed by atoms with Crippen molar-refractivity contribution in [2.24, 2.45) is 11.8 Å². The molecule has 2 amide bonds. The first-order valence-corrected chi connectivity index (χ1v) is 12.1. The van der Waals surface area contributed by atoms with Crippen molar-refractivity contribution in [1.29, 1.82) is 0 Å². The van der Waals surface area contributed by atoms with E-state index in [1.54, 1.807) is 0 Å². The number of likely N-dealkylation sites (tertiary alicyclic amines) is 1. The van der Waals surface area contributed by atoms with Crippen molar-refractivity contribution in [3.05, 3.63) is 71.8 Å². The lowest BCUT2D eigenvalue weighted by Gasteiger charge is -2.41. The van der Waals surface area contributed by atoms with Gasteiger partial charge in [0.25, 0.3) is 0 Å². The van der Waals surface area contributed by atoms with Gasteiger partial charge in [-0.3, -0.25) is 14.5 Å². The topological polar surface area (TPSA) is 43.9 Å². The van der Waals surface area contributed by atoms with Crippen molar-refractivity contribution in [3.63, 3.8) is 0 Å². The van der Waals surface area contributed by atoms with Gasteiger partial charge in [0.1, 0.15) is 0 Å². The van der Waals surface area contributed by atoms with Gasteiger partial charge in [-0.2, -0.15) is 0 Å². The Hall–Kier alpha value is -2.66. The zero-order valence-corrected chi connectivity index (χ0v) is 18.7. The van der Waals surface area contributed by atoms with Gasteiger partial charge in [0.15, 0.2) is 0 Å². The predicted octanol–water partition coefficient (Wildman–Crippen LogP) is 3.37. The van der Waals surface area contributed by atoms with E-state index in [4.69, 9.17) is 0 Å². The van der Waals surface area contributed by atoms with Crippen molar-refractivity contribution >= 4 is 11.8 Å². The van der Waals surface area contributed by atoms with Crippen LogP contribution in [0.4, 0.5) is 0 Å². The van der Waals surface area contributed by atoms with Gasteiger partial charge in [-0.25, -0.2) is 0 Å². The Balaban J connectivity index is 1.23. The van der Waals surface area contributed by atoms with E-state index in [9.17, 15) is 9.59 Å². The largest absolute Gasteiger partial charge is 0.341 e. The molecule has 0 radical (unpaired) electrons. The number of benzene rings is 2. The summed E-state index contributed by atoms with van der Waals surface area (Å²) in [7, 11) is 0. The van der Waals surface area contributed by atoms with Crippen molar-refractivity contribution in [3.8, 4) is 0 Å². The fourth-order valence-electron chi connectivity index (χ4n) is 5.24. The number of hydrogen-bond acceptors (Lipinski definition) is 3. The van der Waals surface area contributed by atoms with E-state index in [1.165, 1.54) is 11.1 Å². The van der Waals surface area contributed by atoms with Crippen molar-refractivity contribution in [2.45, 2.75) is 31.7 Å². The Morgan fingerprint density at radius 3 is 2.00 bits per heavy atom. The van der Waals surface area contributed by atoms with E-state index in [-0.39, 0.29) is 29.6 Å². The Morgan fingerprint density at radius 1 is 0.719 bits per heavy atom. The number of nitrogens with zero attached hydrogens (tertiary/aromatic N) is 3. The molecule has 0 aromatic heterocycles. The third-order valence-corrected chi connectivity index (χ3v) is 7.24. The van der Waals surface area contributed by atoms with E-state index in [1.807, 2.05) is 21.9 Å². The lowest BCUT2D eigenvalue weighted by Crippen LogP contribution is -2.53. The molecule has 0 N–H and O–H groups in total. The molecule has 2 heterocycles. The molecule has 2 saturated heterocycles. The number of rotatable bonds is 5. The molecule has 0 spiro atoms. The van der Waals surface area contributed by atoms with Gasteiger partial charge >= 0.3 is 0 Å². The molecule has 2 aromatic rings. The minimum Gasteiger partial charge on any atom is -0.341 e. The van der Waals surface area contributed by atoms with Gasteiger partial charge in [0.05, 0.1) is 5.92 Å². The van der Waals surface area contributed by atoms with Crippen LogP contribution in [0.5, 0.6) is 0 Å². The zero-order valence-electron chi connectivity index (χ0n) is 18.7. The van der Waals surface area contributed by atoms with Crippen LogP contribution >= 0.6 is 0 Å². The lowest BCUT2D eigenvalue weighted by molar-refractivity contribution is -0.143. The van der Waals surface area contributed by atoms with Crippen LogP contribution in [0.15, 0.2) is 60.7 Å². The highest BCUT2D eigenvalue weighted by Gasteiger charge is 2.41. The molecule has 5 heteroatoms. The summed E-state index contributed by atoms with van der Waals surface area (Å²) in [5.74, 6) is 0.829.